The summed E-state index contributed by atoms with van der Waals surface area (Å²) in [6.45, 7) is 0. The highest BCUT2D eigenvalue weighted by Crippen LogP contribution is 2.30. The maximum Gasteiger partial charge on any atom is 0.341 e. The van der Waals surface area contributed by atoms with Gasteiger partial charge in [-0.05, 0) is 41.5 Å². The molecule has 0 bridgehead atoms. The van der Waals surface area contributed by atoms with Crippen molar-refractivity contribution in [3.8, 4) is 11.3 Å². The summed E-state index contributed by atoms with van der Waals surface area (Å²) < 4.78 is 15.8. The number of esters is 1. The molecule has 28 heavy (non-hydrogen) atoms. The number of halogens is 1. The second-order valence-corrected chi connectivity index (χ2v) is 6.27. The van der Waals surface area contributed by atoms with Crippen molar-refractivity contribution in [3.63, 3.8) is 0 Å². The average molecular weight is 395 g/mol. The van der Waals surface area contributed by atoms with Crippen molar-refractivity contribution in [2.45, 2.75) is 0 Å². The highest BCUT2D eigenvalue weighted by Gasteiger charge is 2.15. The third-order valence-electron chi connectivity index (χ3n) is 4.09. The summed E-state index contributed by atoms with van der Waals surface area (Å²) in [6.07, 6.45) is 5.08. The summed E-state index contributed by atoms with van der Waals surface area (Å²) in [5, 5.41) is 0.630. The Balaban J connectivity index is 1.91. The Morgan fingerprint density at radius 1 is 0.964 bits per heavy atom. The number of carbonyl (C=O) groups is 1. The van der Waals surface area contributed by atoms with E-state index in [2.05, 4.69) is 0 Å². The molecule has 0 amide bonds. The normalized spacial score (nSPS) is 11.6. The van der Waals surface area contributed by atoms with Gasteiger partial charge in [0.25, 0.3) is 0 Å². The molecule has 1 aromatic heterocycles. The van der Waals surface area contributed by atoms with Gasteiger partial charge in [-0.1, -0.05) is 54.1 Å². The Hall–Kier alpha value is -3.24. The topological polar surface area (TPSA) is 48.7 Å². The van der Waals surface area contributed by atoms with E-state index in [1.54, 1.807) is 0 Å². The maximum atomic E-state index is 12.1. The highest BCUT2D eigenvalue weighted by atomic mass is 35.5. The van der Waals surface area contributed by atoms with Gasteiger partial charge in [-0.3, -0.25) is 0 Å². The molecule has 3 rings (SSSR count). The van der Waals surface area contributed by atoms with Gasteiger partial charge >= 0.3 is 5.97 Å². The van der Waals surface area contributed by atoms with E-state index in [0.29, 0.717) is 27.7 Å². The molecular formula is C23H19ClO4. The zero-order chi connectivity index (χ0) is 19.9. The van der Waals surface area contributed by atoms with Crippen LogP contribution in [-0.2, 0) is 14.3 Å². The molecular weight excluding hydrogens is 376 g/mol. The van der Waals surface area contributed by atoms with Gasteiger partial charge in [0.2, 0.25) is 0 Å². The SMILES string of the molecule is CO/C=C(/C(=O)OC)c1ccccc1/C=C/c1ccc(-c2ccccc2Cl)o1. The van der Waals surface area contributed by atoms with Gasteiger partial charge in [-0.2, -0.15) is 0 Å². The first-order chi connectivity index (χ1) is 13.6. The Kier molecular flexibility index (Phi) is 6.35. The fourth-order valence-electron chi connectivity index (χ4n) is 2.76. The number of hydrogen-bond acceptors (Lipinski definition) is 4. The van der Waals surface area contributed by atoms with E-state index in [1.165, 1.54) is 20.5 Å². The van der Waals surface area contributed by atoms with Crippen LogP contribution in [-0.4, -0.2) is 20.2 Å². The molecule has 0 saturated heterocycles. The zero-order valence-corrected chi connectivity index (χ0v) is 16.3. The second kappa shape index (κ2) is 9.11. The van der Waals surface area contributed by atoms with Crippen LogP contribution >= 0.6 is 11.6 Å². The Morgan fingerprint density at radius 2 is 1.71 bits per heavy atom. The van der Waals surface area contributed by atoms with E-state index in [4.69, 9.17) is 25.5 Å². The van der Waals surface area contributed by atoms with Crippen molar-refractivity contribution in [1.29, 1.82) is 0 Å². The van der Waals surface area contributed by atoms with Crippen LogP contribution in [0.15, 0.2) is 71.3 Å². The quantitative estimate of drug-likeness (QED) is 0.295. The Bertz CT molecular complexity index is 1030. The summed E-state index contributed by atoms with van der Waals surface area (Å²) in [7, 11) is 2.82. The van der Waals surface area contributed by atoms with E-state index >= 15 is 0 Å². The van der Waals surface area contributed by atoms with Crippen LogP contribution in [0.4, 0.5) is 0 Å². The molecule has 5 heteroatoms. The first-order valence-corrected chi connectivity index (χ1v) is 8.95. The van der Waals surface area contributed by atoms with Crippen molar-refractivity contribution >= 4 is 35.3 Å². The number of methoxy groups -OCH3 is 2. The summed E-state index contributed by atoms with van der Waals surface area (Å²) >= 11 is 6.23. The molecule has 0 N–H and O–H groups in total. The van der Waals surface area contributed by atoms with Gasteiger partial charge in [0, 0.05) is 5.56 Å². The molecule has 0 aliphatic heterocycles. The molecule has 0 unspecified atom stereocenters. The van der Waals surface area contributed by atoms with Gasteiger partial charge in [0.1, 0.15) is 17.1 Å². The van der Waals surface area contributed by atoms with E-state index < -0.39 is 5.97 Å². The van der Waals surface area contributed by atoms with Gasteiger partial charge in [-0.15, -0.1) is 0 Å². The highest BCUT2D eigenvalue weighted by molar-refractivity contribution is 6.33. The van der Waals surface area contributed by atoms with Crippen LogP contribution in [0.1, 0.15) is 16.9 Å². The number of carbonyl (C=O) groups excluding carboxylic acids is 1. The lowest BCUT2D eigenvalue weighted by atomic mass is 10.00. The molecule has 0 radical (unpaired) electrons. The van der Waals surface area contributed by atoms with E-state index in [1.807, 2.05) is 72.8 Å². The van der Waals surface area contributed by atoms with Gasteiger partial charge in [0.15, 0.2) is 0 Å². The van der Waals surface area contributed by atoms with Crippen LogP contribution in [0.5, 0.6) is 0 Å². The fraction of sp³-hybridized carbons (Fsp3) is 0.0870. The Morgan fingerprint density at radius 3 is 2.46 bits per heavy atom. The largest absolute Gasteiger partial charge is 0.503 e. The third kappa shape index (κ3) is 4.35. The van der Waals surface area contributed by atoms with Crippen molar-refractivity contribution in [3.05, 3.63) is 88.8 Å². The molecule has 0 atom stereocenters. The van der Waals surface area contributed by atoms with Crippen molar-refractivity contribution in [1.82, 2.24) is 0 Å². The smallest absolute Gasteiger partial charge is 0.341 e. The van der Waals surface area contributed by atoms with Crippen molar-refractivity contribution < 1.29 is 18.7 Å². The predicted molar refractivity (Wildman–Crippen MR) is 112 cm³/mol. The number of rotatable bonds is 6. The molecule has 4 nitrogen and oxygen atoms in total. The van der Waals surface area contributed by atoms with Crippen LogP contribution in [0, 0.1) is 0 Å². The standard InChI is InChI=1S/C23H19ClO4/c1-26-15-20(23(25)27-2)18-8-4-3-7-16(18)11-12-17-13-14-22(28-17)19-9-5-6-10-21(19)24/h3-15H,1-2H3/b12-11+,20-15+. The lowest BCUT2D eigenvalue weighted by molar-refractivity contribution is -0.133. The molecule has 3 aromatic rings. The predicted octanol–water partition coefficient (Wildman–Crippen LogP) is 5.93. The first kappa shape index (κ1) is 19.5. The summed E-state index contributed by atoms with van der Waals surface area (Å²) in [4.78, 5) is 12.1. The summed E-state index contributed by atoms with van der Waals surface area (Å²) in [5.41, 5.74) is 2.69. The van der Waals surface area contributed by atoms with Crippen molar-refractivity contribution in [2.75, 3.05) is 14.2 Å². The summed E-state index contributed by atoms with van der Waals surface area (Å²) in [5.74, 6) is 0.884. The number of hydrogen-bond donors (Lipinski definition) is 0. The van der Waals surface area contributed by atoms with Crippen LogP contribution in [0.2, 0.25) is 5.02 Å². The molecule has 0 saturated carbocycles. The number of benzene rings is 2. The molecule has 142 valence electrons. The lowest BCUT2D eigenvalue weighted by Gasteiger charge is -2.08. The monoisotopic (exact) mass is 394 g/mol. The Labute approximate surface area is 168 Å². The average Bonchev–Trinajstić information content (AvgIpc) is 3.19. The minimum absolute atomic E-state index is 0.335. The maximum absolute atomic E-state index is 12.1. The minimum atomic E-state index is -0.471. The first-order valence-electron chi connectivity index (χ1n) is 8.57. The summed E-state index contributed by atoms with van der Waals surface area (Å²) in [6, 6.07) is 18.7. The van der Waals surface area contributed by atoms with Gasteiger partial charge in [0.05, 0.1) is 25.5 Å². The van der Waals surface area contributed by atoms with Crippen molar-refractivity contribution in [2.24, 2.45) is 0 Å². The van der Waals surface area contributed by atoms with E-state index in [0.717, 1.165) is 11.1 Å². The zero-order valence-electron chi connectivity index (χ0n) is 15.5. The van der Waals surface area contributed by atoms with Gasteiger partial charge in [-0.25, -0.2) is 4.79 Å². The van der Waals surface area contributed by atoms with Crippen LogP contribution in [0.3, 0.4) is 0 Å². The van der Waals surface area contributed by atoms with E-state index in [-0.39, 0.29) is 0 Å². The molecule has 0 aliphatic carbocycles. The third-order valence-corrected chi connectivity index (χ3v) is 4.41. The van der Waals surface area contributed by atoms with Crippen LogP contribution < -0.4 is 0 Å². The van der Waals surface area contributed by atoms with Gasteiger partial charge < -0.3 is 13.9 Å². The fourth-order valence-corrected chi connectivity index (χ4v) is 2.99. The minimum Gasteiger partial charge on any atom is -0.503 e. The van der Waals surface area contributed by atoms with Crippen LogP contribution in [0.25, 0.3) is 29.0 Å². The molecule has 2 aromatic carbocycles. The molecule has 1 heterocycles. The number of furan rings is 1. The number of ether oxygens (including phenoxy) is 2. The second-order valence-electron chi connectivity index (χ2n) is 5.86. The lowest BCUT2D eigenvalue weighted by Crippen LogP contribution is -2.05. The molecule has 0 aliphatic rings. The van der Waals surface area contributed by atoms with E-state index in [9.17, 15) is 4.79 Å². The molecule has 0 fully saturated rings. The molecule has 0 spiro atoms.